The van der Waals surface area contributed by atoms with Gasteiger partial charge in [-0.15, -0.1) is 0 Å². The SMILES string of the molecule is CO[C@@H]1CCC[C@@]12CCCN(C(=O)CCc1ccc(-c3ccc(Cl)cc3)[nH]1)C2. The summed E-state index contributed by atoms with van der Waals surface area (Å²) in [5, 5.41) is 0.735. The predicted octanol–water partition coefficient (Wildman–Crippen LogP) is 5.08. The van der Waals surface area contributed by atoms with E-state index < -0.39 is 0 Å². The molecule has 1 aliphatic carbocycles. The standard InChI is InChI=1S/C23H29ClN2O2/c1-28-21-4-2-13-23(21)14-3-15-26(16-23)22(27)12-10-19-9-11-20(25-19)17-5-7-18(24)8-6-17/h5-9,11,21,25H,2-4,10,12-16H2,1H3/t21-,23+/m1/s1. The lowest BCUT2D eigenvalue weighted by Crippen LogP contribution is -2.49. The number of benzene rings is 1. The topological polar surface area (TPSA) is 45.3 Å². The Morgan fingerprint density at radius 3 is 2.79 bits per heavy atom. The van der Waals surface area contributed by atoms with Crippen molar-refractivity contribution in [3.8, 4) is 11.3 Å². The molecule has 1 N–H and O–H groups in total. The molecule has 0 radical (unpaired) electrons. The van der Waals surface area contributed by atoms with Crippen molar-refractivity contribution in [2.45, 2.75) is 51.0 Å². The maximum atomic E-state index is 12.9. The fourth-order valence-electron chi connectivity index (χ4n) is 5.10. The van der Waals surface area contributed by atoms with Gasteiger partial charge >= 0.3 is 0 Å². The lowest BCUT2D eigenvalue weighted by molar-refractivity contribution is -0.137. The summed E-state index contributed by atoms with van der Waals surface area (Å²) in [5.41, 5.74) is 3.45. The van der Waals surface area contributed by atoms with Crippen molar-refractivity contribution < 1.29 is 9.53 Å². The smallest absolute Gasteiger partial charge is 0.222 e. The van der Waals surface area contributed by atoms with E-state index in [1.165, 1.54) is 19.3 Å². The second-order valence-electron chi connectivity index (χ2n) is 8.30. The van der Waals surface area contributed by atoms with Crippen molar-refractivity contribution in [3.63, 3.8) is 0 Å². The average Bonchev–Trinajstić information content (AvgIpc) is 3.34. The number of likely N-dealkylation sites (tertiary alicyclic amines) is 1. The molecule has 150 valence electrons. The number of methoxy groups -OCH3 is 1. The number of ether oxygens (including phenoxy) is 1. The molecule has 1 spiro atoms. The molecule has 1 saturated heterocycles. The zero-order valence-electron chi connectivity index (χ0n) is 16.5. The first-order valence-electron chi connectivity index (χ1n) is 10.3. The molecule has 4 rings (SSSR count). The third kappa shape index (κ3) is 3.99. The maximum Gasteiger partial charge on any atom is 0.222 e. The van der Waals surface area contributed by atoms with E-state index in [1.54, 1.807) is 0 Å². The number of H-pyrrole nitrogens is 1. The number of amides is 1. The normalized spacial score (nSPS) is 24.8. The van der Waals surface area contributed by atoms with E-state index >= 15 is 0 Å². The van der Waals surface area contributed by atoms with Crippen LogP contribution in [-0.2, 0) is 16.0 Å². The largest absolute Gasteiger partial charge is 0.381 e. The summed E-state index contributed by atoms with van der Waals surface area (Å²) in [6.07, 6.45) is 7.43. The minimum absolute atomic E-state index is 0.191. The molecule has 1 aromatic heterocycles. The summed E-state index contributed by atoms with van der Waals surface area (Å²) in [6, 6.07) is 11.9. The Bertz CT molecular complexity index is 816. The van der Waals surface area contributed by atoms with Crippen molar-refractivity contribution in [2.75, 3.05) is 20.2 Å². The van der Waals surface area contributed by atoms with Crippen LogP contribution in [0, 0.1) is 5.41 Å². The van der Waals surface area contributed by atoms with Crippen molar-refractivity contribution in [1.29, 1.82) is 0 Å². The first-order chi connectivity index (χ1) is 13.6. The summed E-state index contributed by atoms with van der Waals surface area (Å²) in [4.78, 5) is 18.4. The van der Waals surface area contributed by atoms with Gasteiger partial charge in [0.1, 0.15) is 0 Å². The van der Waals surface area contributed by atoms with Gasteiger partial charge in [-0.1, -0.05) is 30.2 Å². The van der Waals surface area contributed by atoms with Gasteiger partial charge in [-0.05, 0) is 61.9 Å². The van der Waals surface area contributed by atoms with Crippen LogP contribution in [0.25, 0.3) is 11.3 Å². The minimum atomic E-state index is 0.191. The number of hydrogen-bond donors (Lipinski definition) is 1. The summed E-state index contributed by atoms with van der Waals surface area (Å²) in [5.74, 6) is 0.267. The van der Waals surface area contributed by atoms with E-state index in [2.05, 4.69) is 22.0 Å². The molecule has 28 heavy (non-hydrogen) atoms. The average molecular weight is 401 g/mol. The Kier molecular flexibility index (Phi) is 5.79. The second-order valence-corrected chi connectivity index (χ2v) is 8.74. The fourth-order valence-corrected chi connectivity index (χ4v) is 5.22. The van der Waals surface area contributed by atoms with Crippen molar-refractivity contribution in [3.05, 3.63) is 47.1 Å². The van der Waals surface area contributed by atoms with Gasteiger partial charge < -0.3 is 14.6 Å². The molecule has 5 heteroatoms. The Morgan fingerprint density at radius 2 is 2.00 bits per heavy atom. The number of piperidine rings is 1. The van der Waals surface area contributed by atoms with Crippen LogP contribution in [-0.4, -0.2) is 42.1 Å². The zero-order valence-corrected chi connectivity index (χ0v) is 17.3. The highest BCUT2D eigenvalue weighted by atomic mass is 35.5. The number of halogens is 1. The zero-order chi connectivity index (χ0) is 19.6. The molecule has 1 aromatic carbocycles. The molecule has 2 atom stereocenters. The van der Waals surface area contributed by atoms with Crippen LogP contribution >= 0.6 is 11.6 Å². The third-order valence-electron chi connectivity index (χ3n) is 6.58. The van der Waals surface area contributed by atoms with Gasteiger partial charge in [-0.3, -0.25) is 4.79 Å². The van der Waals surface area contributed by atoms with Gasteiger partial charge in [0.05, 0.1) is 6.10 Å². The lowest BCUT2D eigenvalue weighted by atomic mass is 9.76. The Labute approximate surface area is 172 Å². The molecule has 0 unspecified atom stereocenters. The molecular weight excluding hydrogens is 372 g/mol. The van der Waals surface area contributed by atoms with Gasteiger partial charge in [-0.25, -0.2) is 0 Å². The Morgan fingerprint density at radius 1 is 1.21 bits per heavy atom. The second kappa shape index (κ2) is 8.30. The van der Waals surface area contributed by atoms with Gasteiger partial charge in [0, 0.05) is 48.4 Å². The highest BCUT2D eigenvalue weighted by molar-refractivity contribution is 6.30. The molecule has 1 saturated carbocycles. The number of aromatic amines is 1. The molecule has 1 amide bonds. The maximum absolute atomic E-state index is 12.9. The van der Waals surface area contributed by atoms with E-state index in [-0.39, 0.29) is 11.3 Å². The van der Waals surface area contributed by atoms with Gasteiger partial charge in [0.25, 0.3) is 0 Å². The van der Waals surface area contributed by atoms with Gasteiger partial charge in [-0.2, -0.15) is 0 Å². The fraction of sp³-hybridized carbons (Fsp3) is 0.522. The van der Waals surface area contributed by atoms with Gasteiger partial charge in [0.15, 0.2) is 0 Å². The number of carbonyl (C=O) groups is 1. The molecule has 0 bridgehead atoms. The minimum Gasteiger partial charge on any atom is -0.381 e. The lowest BCUT2D eigenvalue weighted by Gasteiger charge is -2.43. The van der Waals surface area contributed by atoms with E-state index in [1.807, 2.05) is 31.4 Å². The Balaban J connectivity index is 1.35. The summed E-state index contributed by atoms with van der Waals surface area (Å²) < 4.78 is 5.76. The number of aromatic nitrogens is 1. The molecule has 2 aliphatic rings. The molecule has 2 heterocycles. The third-order valence-corrected chi connectivity index (χ3v) is 6.83. The summed E-state index contributed by atoms with van der Waals surface area (Å²) >= 11 is 5.97. The number of nitrogens with zero attached hydrogens (tertiary/aromatic N) is 1. The molecule has 1 aliphatic heterocycles. The van der Waals surface area contributed by atoms with Crippen LogP contribution in [0.15, 0.2) is 36.4 Å². The van der Waals surface area contributed by atoms with Crippen LogP contribution in [0.1, 0.15) is 44.2 Å². The van der Waals surface area contributed by atoms with E-state index in [0.29, 0.717) is 12.5 Å². The summed E-state index contributed by atoms with van der Waals surface area (Å²) in [6.45, 7) is 1.75. The molecule has 4 nitrogen and oxygen atoms in total. The first-order valence-corrected chi connectivity index (χ1v) is 10.7. The van der Waals surface area contributed by atoms with Crippen molar-refractivity contribution >= 4 is 17.5 Å². The van der Waals surface area contributed by atoms with Crippen molar-refractivity contribution in [1.82, 2.24) is 9.88 Å². The highest BCUT2D eigenvalue weighted by Gasteiger charge is 2.46. The first kappa shape index (κ1) is 19.5. The molecule has 2 aromatic rings. The number of carbonyl (C=O) groups excluding carboxylic acids is 1. The number of nitrogens with one attached hydrogen (secondary N) is 1. The number of aryl methyl sites for hydroxylation is 1. The van der Waals surface area contributed by atoms with E-state index in [0.717, 1.165) is 54.3 Å². The van der Waals surface area contributed by atoms with Crippen LogP contribution in [0.4, 0.5) is 0 Å². The summed E-state index contributed by atoms with van der Waals surface area (Å²) in [7, 11) is 1.82. The highest BCUT2D eigenvalue weighted by Crippen LogP contribution is 2.46. The Hall–Kier alpha value is -1.78. The number of hydrogen-bond acceptors (Lipinski definition) is 2. The van der Waals surface area contributed by atoms with Crippen LogP contribution < -0.4 is 0 Å². The van der Waals surface area contributed by atoms with E-state index in [9.17, 15) is 4.79 Å². The van der Waals surface area contributed by atoms with Crippen LogP contribution in [0.5, 0.6) is 0 Å². The molecular formula is C23H29ClN2O2. The predicted molar refractivity (Wildman–Crippen MR) is 112 cm³/mol. The number of rotatable bonds is 5. The monoisotopic (exact) mass is 400 g/mol. The quantitative estimate of drug-likeness (QED) is 0.761. The molecule has 2 fully saturated rings. The van der Waals surface area contributed by atoms with Gasteiger partial charge in [0.2, 0.25) is 5.91 Å². The van der Waals surface area contributed by atoms with Crippen molar-refractivity contribution in [2.24, 2.45) is 5.41 Å². The van der Waals surface area contributed by atoms with Crippen LogP contribution in [0.3, 0.4) is 0 Å². The van der Waals surface area contributed by atoms with Crippen LogP contribution in [0.2, 0.25) is 5.02 Å². The van der Waals surface area contributed by atoms with E-state index in [4.69, 9.17) is 16.3 Å².